The van der Waals surface area contributed by atoms with E-state index in [4.69, 9.17) is 9.47 Å². The highest BCUT2D eigenvalue weighted by Gasteiger charge is 2.27. The van der Waals surface area contributed by atoms with E-state index in [1.54, 1.807) is 0 Å². The van der Waals surface area contributed by atoms with Crippen molar-refractivity contribution >= 4 is 17.7 Å². The molecule has 0 spiro atoms. The van der Waals surface area contributed by atoms with Crippen LogP contribution in [0.25, 0.3) is 0 Å². The average Bonchev–Trinajstić information content (AvgIpc) is 2.62. The average molecular weight is 365 g/mol. The summed E-state index contributed by atoms with van der Waals surface area (Å²) in [6, 6.07) is 3.65. The first-order valence-electron chi connectivity index (χ1n) is 8.52. The standard InChI is InChI=1S/C17H23N3O6/c1-3-18-17(22)19-11-4-7-13(8-5-11)26-16(21)14-10-12(20(23)24)6-9-15(14)25-2/h6,9-11,13H,3-5,7-8H2,1-2H3,(H2,18,19,22). The van der Waals surface area contributed by atoms with Crippen molar-refractivity contribution in [2.45, 2.75) is 44.8 Å². The Bertz CT molecular complexity index is 670. The predicted octanol–water partition coefficient (Wildman–Crippen LogP) is 2.39. The lowest BCUT2D eigenvalue weighted by Crippen LogP contribution is -2.44. The van der Waals surface area contributed by atoms with Gasteiger partial charge in [0.25, 0.3) is 5.69 Å². The molecule has 1 aliphatic rings. The third-order valence-corrected chi connectivity index (χ3v) is 4.23. The van der Waals surface area contributed by atoms with E-state index in [0.717, 1.165) is 6.07 Å². The Labute approximate surface area is 151 Å². The largest absolute Gasteiger partial charge is 0.496 e. The van der Waals surface area contributed by atoms with Gasteiger partial charge < -0.3 is 20.1 Å². The lowest BCUT2D eigenvalue weighted by molar-refractivity contribution is -0.384. The molecule has 0 radical (unpaired) electrons. The maximum Gasteiger partial charge on any atom is 0.342 e. The van der Waals surface area contributed by atoms with Gasteiger partial charge in [-0.2, -0.15) is 0 Å². The molecule has 2 rings (SSSR count). The molecule has 9 heteroatoms. The predicted molar refractivity (Wildman–Crippen MR) is 93.3 cm³/mol. The van der Waals surface area contributed by atoms with Crippen molar-refractivity contribution in [3.8, 4) is 5.75 Å². The van der Waals surface area contributed by atoms with Crippen LogP contribution in [0.2, 0.25) is 0 Å². The molecular formula is C17H23N3O6. The zero-order valence-electron chi connectivity index (χ0n) is 14.8. The number of carbonyl (C=O) groups is 2. The number of methoxy groups -OCH3 is 1. The Balaban J connectivity index is 1.94. The van der Waals surface area contributed by atoms with E-state index >= 15 is 0 Å². The Morgan fingerprint density at radius 1 is 1.27 bits per heavy atom. The second-order valence-electron chi connectivity index (χ2n) is 6.02. The molecule has 0 aromatic heterocycles. The van der Waals surface area contributed by atoms with Crippen molar-refractivity contribution < 1.29 is 24.0 Å². The molecule has 0 saturated heterocycles. The van der Waals surface area contributed by atoms with E-state index in [0.29, 0.717) is 32.2 Å². The summed E-state index contributed by atoms with van der Waals surface area (Å²) in [4.78, 5) is 34.3. The number of nitro groups is 1. The van der Waals surface area contributed by atoms with Crippen molar-refractivity contribution in [2.75, 3.05) is 13.7 Å². The molecule has 9 nitrogen and oxygen atoms in total. The summed E-state index contributed by atoms with van der Waals surface area (Å²) in [5, 5.41) is 16.5. The number of amides is 2. The highest BCUT2D eigenvalue weighted by Crippen LogP contribution is 2.27. The molecule has 0 aliphatic heterocycles. The number of benzene rings is 1. The van der Waals surface area contributed by atoms with Crippen LogP contribution in [0, 0.1) is 10.1 Å². The van der Waals surface area contributed by atoms with Crippen molar-refractivity contribution in [3.63, 3.8) is 0 Å². The van der Waals surface area contributed by atoms with Gasteiger partial charge in [-0.05, 0) is 38.7 Å². The van der Waals surface area contributed by atoms with Gasteiger partial charge in [-0.1, -0.05) is 0 Å². The number of nitrogens with zero attached hydrogens (tertiary/aromatic N) is 1. The summed E-state index contributed by atoms with van der Waals surface area (Å²) in [6.45, 7) is 2.40. The maximum absolute atomic E-state index is 12.4. The summed E-state index contributed by atoms with van der Waals surface area (Å²) in [5.41, 5.74) is -0.170. The first-order chi connectivity index (χ1) is 12.4. The van der Waals surface area contributed by atoms with Gasteiger partial charge in [0.1, 0.15) is 17.4 Å². The monoisotopic (exact) mass is 365 g/mol. The minimum atomic E-state index is -0.648. The van der Waals surface area contributed by atoms with E-state index in [1.165, 1.54) is 19.2 Å². The second kappa shape index (κ2) is 9.02. The Morgan fingerprint density at radius 3 is 2.54 bits per heavy atom. The quantitative estimate of drug-likeness (QED) is 0.454. The number of urea groups is 1. The highest BCUT2D eigenvalue weighted by atomic mass is 16.6. The fourth-order valence-electron chi connectivity index (χ4n) is 2.91. The van der Waals surface area contributed by atoms with Gasteiger partial charge in [-0.25, -0.2) is 9.59 Å². The van der Waals surface area contributed by atoms with Gasteiger partial charge in [0, 0.05) is 24.7 Å². The molecule has 1 aromatic carbocycles. The molecule has 1 saturated carbocycles. The molecule has 1 fully saturated rings. The topological polar surface area (TPSA) is 120 Å². The fraction of sp³-hybridized carbons (Fsp3) is 0.529. The van der Waals surface area contributed by atoms with Gasteiger partial charge >= 0.3 is 12.0 Å². The SMILES string of the molecule is CCNC(=O)NC1CCC(OC(=O)c2cc([N+](=O)[O-])ccc2OC)CC1. The first kappa shape index (κ1) is 19.5. The van der Waals surface area contributed by atoms with Crippen LogP contribution in [0.15, 0.2) is 18.2 Å². The zero-order valence-corrected chi connectivity index (χ0v) is 14.8. The Kier molecular flexibility index (Phi) is 6.76. The van der Waals surface area contributed by atoms with Crippen molar-refractivity contribution in [1.29, 1.82) is 0 Å². The molecule has 142 valence electrons. The summed E-state index contributed by atoms with van der Waals surface area (Å²) in [6.07, 6.45) is 2.32. The molecule has 1 aromatic rings. The van der Waals surface area contributed by atoms with Crippen LogP contribution >= 0.6 is 0 Å². The summed E-state index contributed by atoms with van der Waals surface area (Å²) in [5.74, 6) is -0.419. The summed E-state index contributed by atoms with van der Waals surface area (Å²) >= 11 is 0. The molecule has 26 heavy (non-hydrogen) atoms. The number of nitro benzene ring substituents is 1. The first-order valence-corrected chi connectivity index (χ1v) is 8.52. The molecular weight excluding hydrogens is 342 g/mol. The molecule has 0 atom stereocenters. The van der Waals surface area contributed by atoms with Crippen LogP contribution in [0.5, 0.6) is 5.75 Å². The fourth-order valence-corrected chi connectivity index (χ4v) is 2.91. The van der Waals surface area contributed by atoms with Crippen molar-refractivity contribution in [3.05, 3.63) is 33.9 Å². The normalized spacial score (nSPS) is 19.3. The number of hydrogen-bond acceptors (Lipinski definition) is 6. The van der Waals surface area contributed by atoms with Crippen LogP contribution in [-0.4, -0.2) is 42.7 Å². The number of non-ortho nitro benzene ring substituents is 1. The molecule has 2 N–H and O–H groups in total. The Hall–Kier alpha value is -2.84. The number of rotatable bonds is 6. The van der Waals surface area contributed by atoms with Crippen LogP contribution < -0.4 is 15.4 Å². The van der Waals surface area contributed by atoms with Crippen LogP contribution in [0.1, 0.15) is 43.0 Å². The van der Waals surface area contributed by atoms with Gasteiger partial charge in [0.05, 0.1) is 12.0 Å². The number of ether oxygens (including phenoxy) is 2. The van der Waals surface area contributed by atoms with E-state index < -0.39 is 10.9 Å². The van der Waals surface area contributed by atoms with E-state index in [1.807, 2.05) is 6.92 Å². The van der Waals surface area contributed by atoms with E-state index in [2.05, 4.69) is 10.6 Å². The minimum Gasteiger partial charge on any atom is -0.496 e. The third-order valence-electron chi connectivity index (χ3n) is 4.23. The minimum absolute atomic E-state index is 0.0317. The smallest absolute Gasteiger partial charge is 0.342 e. The van der Waals surface area contributed by atoms with Gasteiger partial charge in [-0.3, -0.25) is 10.1 Å². The van der Waals surface area contributed by atoms with E-state index in [9.17, 15) is 19.7 Å². The lowest BCUT2D eigenvalue weighted by atomic mass is 9.93. The highest BCUT2D eigenvalue weighted by molar-refractivity contribution is 5.93. The molecule has 1 aliphatic carbocycles. The molecule has 0 unspecified atom stereocenters. The number of hydrogen-bond donors (Lipinski definition) is 2. The van der Waals surface area contributed by atoms with Crippen molar-refractivity contribution in [1.82, 2.24) is 10.6 Å². The summed E-state index contributed by atoms with van der Waals surface area (Å²) in [7, 11) is 1.39. The van der Waals surface area contributed by atoms with Gasteiger partial charge in [0.15, 0.2) is 0 Å². The number of nitrogens with one attached hydrogen (secondary N) is 2. The molecule has 2 amide bonds. The maximum atomic E-state index is 12.4. The number of carbonyl (C=O) groups excluding carboxylic acids is 2. The second-order valence-corrected chi connectivity index (χ2v) is 6.02. The Morgan fingerprint density at radius 2 is 1.96 bits per heavy atom. The molecule has 0 bridgehead atoms. The third kappa shape index (κ3) is 5.08. The summed E-state index contributed by atoms with van der Waals surface area (Å²) < 4.78 is 10.6. The lowest BCUT2D eigenvalue weighted by Gasteiger charge is -2.29. The van der Waals surface area contributed by atoms with Gasteiger partial charge in [-0.15, -0.1) is 0 Å². The van der Waals surface area contributed by atoms with Crippen LogP contribution in [0.4, 0.5) is 10.5 Å². The van der Waals surface area contributed by atoms with Crippen LogP contribution in [-0.2, 0) is 4.74 Å². The molecule has 0 heterocycles. The van der Waals surface area contributed by atoms with Crippen LogP contribution in [0.3, 0.4) is 0 Å². The van der Waals surface area contributed by atoms with Gasteiger partial charge in [0.2, 0.25) is 0 Å². The number of esters is 1. The van der Waals surface area contributed by atoms with E-state index in [-0.39, 0.29) is 35.2 Å². The zero-order chi connectivity index (χ0) is 19.1. The van der Waals surface area contributed by atoms with Crippen molar-refractivity contribution in [2.24, 2.45) is 0 Å².